The number of thiophene rings is 1. The lowest BCUT2D eigenvalue weighted by atomic mass is 9.87. The Morgan fingerprint density at radius 2 is 2.33 bits per heavy atom. The minimum Gasteiger partial charge on any atom is -0.337 e. The summed E-state index contributed by atoms with van der Waals surface area (Å²) in [5.41, 5.74) is 5.86. The van der Waals surface area contributed by atoms with E-state index in [1.165, 1.54) is 0 Å². The molecule has 100 valence electrons. The van der Waals surface area contributed by atoms with Crippen molar-refractivity contribution in [3.05, 3.63) is 20.8 Å². The molecule has 1 amide bonds. The molecular weight excluding hydrogens is 312 g/mol. The Hall–Kier alpha value is -0.390. The fourth-order valence-electron chi connectivity index (χ4n) is 2.60. The first-order chi connectivity index (χ1) is 8.38. The van der Waals surface area contributed by atoms with Crippen molar-refractivity contribution < 1.29 is 4.79 Å². The molecule has 1 unspecified atom stereocenters. The topological polar surface area (TPSA) is 46.3 Å². The second kappa shape index (κ2) is 5.31. The van der Waals surface area contributed by atoms with Crippen LogP contribution in [-0.2, 0) is 11.2 Å². The van der Waals surface area contributed by atoms with E-state index in [0.29, 0.717) is 6.42 Å². The number of carbonyl (C=O) groups is 1. The van der Waals surface area contributed by atoms with Gasteiger partial charge < -0.3 is 10.6 Å². The van der Waals surface area contributed by atoms with Crippen molar-refractivity contribution in [1.82, 2.24) is 4.90 Å². The van der Waals surface area contributed by atoms with Crippen LogP contribution in [0, 0.1) is 0 Å². The average Bonchev–Trinajstić information content (AvgIpc) is 2.61. The zero-order valence-electron chi connectivity index (χ0n) is 10.8. The number of nitrogens with zero attached hydrogens (tertiary/aromatic N) is 1. The molecule has 1 saturated heterocycles. The Morgan fingerprint density at radius 3 is 2.89 bits per heavy atom. The van der Waals surface area contributed by atoms with E-state index in [1.807, 2.05) is 17.0 Å². The number of hydrogen-bond donors (Lipinski definition) is 1. The zero-order chi connectivity index (χ0) is 13.3. The first kappa shape index (κ1) is 14.0. The number of hydrogen-bond acceptors (Lipinski definition) is 3. The second-order valence-electron chi connectivity index (χ2n) is 5.49. The monoisotopic (exact) mass is 330 g/mol. The zero-order valence-corrected chi connectivity index (χ0v) is 13.2. The molecule has 1 aromatic rings. The van der Waals surface area contributed by atoms with Crippen LogP contribution in [0.3, 0.4) is 0 Å². The van der Waals surface area contributed by atoms with Gasteiger partial charge >= 0.3 is 0 Å². The molecule has 2 rings (SSSR count). The highest BCUT2D eigenvalue weighted by molar-refractivity contribution is 9.11. The summed E-state index contributed by atoms with van der Waals surface area (Å²) in [6.45, 7) is 4.99. The summed E-state index contributed by atoms with van der Waals surface area (Å²) in [4.78, 5) is 15.5. The van der Waals surface area contributed by atoms with Gasteiger partial charge in [-0.25, -0.2) is 0 Å². The molecule has 18 heavy (non-hydrogen) atoms. The summed E-state index contributed by atoms with van der Waals surface area (Å²) in [6, 6.07) is 4.22. The molecule has 0 bridgehead atoms. The summed E-state index contributed by atoms with van der Waals surface area (Å²) in [6.07, 6.45) is 2.28. The smallest absolute Gasteiger partial charge is 0.228 e. The minimum atomic E-state index is -0.122. The van der Waals surface area contributed by atoms with Gasteiger partial charge in [-0.15, -0.1) is 11.3 Å². The van der Waals surface area contributed by atoms with Crippen LogP contribution in [0.1, 0.15) is 31.6 Å². The molecule has 2 N–H and O–H groups in total. The van der Waals surface area contributed by atoms with Crippen molar-refractivity contribution in [3.8, 4) is 0 Å². The predicted molar refractivity (Wildman–Crippen MR) is 78.7 cm³/mol. The third-order valence-corrected chi connectivity index (χ3v) is 5.09. The summed E-state index contributed by atoms with van der Waals surface area (Å²) in [5.74, 6) is 0.209. The van der Waals surface area contributed by atoms with E-state index in [4.69, 9.17) is 5.73 Å². The Balaban J connectivity index is 2.04. The SMILES string of the molecule is CC1(C)CC(N)CCN1C(=O)Cc1ccc(Br)s1. The Bertz CT molecular complexity index is 444. The fraction of sp³-hybridized carbons (Fsp3) is 0.615. The minimum absolute atomic E-state index is 0.122. The molecule has 0 saturated carbocycles. The van der Waals surface area contributed by atoms with Gasteiger partial charge in [-0.05, 0) is 54.8 Å². The van der Waals surface area contributed by atoms with E-state index in [-0.39, 0.29) is 17.5 Å². The number of rotatable bonds is 2. The highest BCUT2D eigenvalue weighted by atomic mass is 79.9. The highest BCUT2D eigenvalue weighted by Gasteiger charge is 2.36. The number of nitrogens with two attached hydrogens (primary N) is 1. The maximum atomic E-state index is 12.4. The van der Waals surface area contributed by atoms with E-state index in [9.17, 15) is 4.79 Å². The van der Waals surface area contributed by atoms with Gasteiger partial charge in [0.1, 0.15) is 0 Å². The molecule has 1 aliphatic heterocycles. The van der Waals surface area contributed by atoms with Crippen LogP contribution in [0.15, 0.2) is 15.9 Å². The normalized spacial score (nSPS) is 23.1. The Kier molecular flexibility index (Phi) is 4.14. The van der Waals surface area contributed by atoms with Gasteiger partial charge in [-0.1, -0.05) is 0 Å². The lowest BCUT2D eigenvalue weighted by molar-refractivity contribution is -0.137. The lowest BCUT2D eigenvalue weighted by Crippen LogP contribution is -2.56. The number of piperidine rings is 1. The van der Waals surface area contributed by atoms with Crippen LogP contribution in [0.4, 0.5) is 0 Å². The molecule has 0 radical (unpaired) electrons. The van der Waals surface area contributed by atoms with Crippen molar-refractivity contribution in [3.63, 3.8) is 0 Å². The van der Waals surface area contributed by atoms with E-state index in [0.717, 1.165) is 28.0 Å². The van der Waals surface area contributed by atoms with Crippen molar-refractivity contribution in [2.75, 3.05) is 6.54 Å². The number of carbonyl (C=O) groups excluding carboxylic acids is 1. The van der Waals surface area contributed by atoms with Crippen LogP contribution < -0.4 is 5.73 Å². The molecule has 2 heterocycles. The molecule has 0 spiro atoms. The van der Waals surface area contributed by atoms with Crippen molar-refractivity contribution in [2.45, 2.75) is 44.7 Å². The fourth-order valence-corrected chi connectivity index (χ4v) is 4.08. The number of likely N-dealkylation sites (tertiary alicyclic amines) is 1. The van der Waals surface area contributed by atoms with E-state index < -0.39 is 0 Å². The third-order valence-electron chi connectivity index (χ3n) is 3.47. The van der Waals surface area contributed by atoms with Crippen molar-refractivity contribution in [1.29, 1.82) is 0 Å². The van der Waals surface area contributed by atoms with Crippen LogP contribution in [-0.4, -0.2) is 28.9 Å². The summed E-state index contributed by atoms with van der Waals surface area (Å²) < 4.78 is 1.07. The predicted octanol–water partition coefficient (Wildman–Crippen LogP) is 2.78. The average molecular weight is 331 g/mol. The van der Waals surface area contributed by atoms with Gasteiger partial charge in [0.25, 0.3) is 0 Å². The molecular formula is C13H19BrN2OS. The van der Waals surface area contributed by atoms with Gasteiger partial charge in [0, 0.05) is 23.0 Å². The van der Waals surface area contributed by atoms with Crippen molar-refractivity contribution in [2.24, 2.45) is 5.73 Å². The standard InChI is InChI=1S/C13H19BrN2OS/c1-13(2)8-9(15)5-6-16(13)12(17)7-10-3-4-11(14)18-10/h3-4,9H,5-8,15H2,1-2H3. The van der Waals surface area contributed by atoms with Crippen LogP contribution in [0.5, 0.6) is 0 Å². The number of amides is 1. The molecule has 0 aliphatic carbocycles. The second-order valence-corrected chi connectivity index (χ2v) is 8.04. The molecule has 0 aromatic carbocycles. The van der Waals surface area contributed by atoms with Crippen molar-refractivity contribution >= 4 is 33.2 Å². The Morgan fingerprint density at radius 1 is 1.61 bits per heavy atom. The van der Waals surface area contributed by atoms with Gasteiger partial charge in [-0.2, -0.15) is 0 Å². The summed E-state index contributed by atoms with van der Waals surface area (Å²) in [5, 5.41) is 0. The molecule has 5 heteroatoms. The van der Waals surface area contributed by atoms with Gasteiger partial charge in [-0.3, -0.25) is 4.79 Å². The van der Waals surface area contributed by atoms with E-state index in [2.05, 4.69) is 29.8 Å². The molecule has 3 nitrogen and oxygen atoms in total. The Labute approximate surface area is 120 Å². The quantitative estimate of drug-likeness (QED) is 0.906. The molecule has 1 atom stereocenters. The highest BCUT2D eigenvalue weighted by Crippen LogP contribution is 2.29. The van der Waals surface area contributed by atoms with E-state index in [1.54, 1.807) is 11.3 Å². The van der Waals surface area contributed by atoms with Crippen LogP contribution >= 0.6 is 27.3 Å². The van der Waals surface area contributed by atoms with Gasteiger partial charge in [0.05, 0.1) is 10.2 Å². The number of halogens is 1. The largest absolute Gasteiger partial charge is 0.337 e. The molecule has 1 aliphatic rings. The molecule has 1 fully saturated rings. The van der Waals surface area contributed by atoms with E-state index >= 15 is 0 Å². The molecule has 1 aromatic heterocycles. The first-order valence-electron chi connectivity index (χ1n) is 6.19. The summed E-state index contributed by atoms with van der Waals surface area (Å²) in [7, 11) is 0. The van der Waals surface area contributed by atoms with Crippen LogP contribution in [0.25, 0.3) is 0 Å². The van der Waals surface area contributed by atoms with Crippen LogP contribution in [0.2, 0.25) is 0 Å². The van der Waals surface area contributed by atoms with Gasteiger partial charge in [0.15, 0.2) is 0 Å². The maximum Gasteiger partial charge on any atom is 0.228 e. The lowest BCUT2D eigenvalue weighted by Gasteiger charge is -2.44. The maximum absolute atomic E-state index is 12.4. The first-order valence-corrected chi connectivity index (χ1v) is 7.80. The van der Waals surface area contributed by atoms with Gasteiger partial charge in [0.2, 0.25) is 5.91 Å². The third kappa shape index (κ3) is 3.13. The summed E-state index contributed by atoms with van der Waals surface area (Å²) >= 11 is 5.05.